The van der Waals surface area contributed by atoms with Crippen molar-refractivity contribution in [2.75, 3.05) is 11.9 Å². The van der Waals surface area contributed by atoms with Crippen molar-refractivity contribution in [1.29, 1.82) is 0 Å². The molecule has 0 aliphatic carbocycles. The minimum atomic E-state index is -0.0557. The Balaban J connectivity index is 1.65. The van der Waals surface area contributed by atoms with Crippen LogP contribution in [0, 0.1) is 0 Å². The van der Waals surface area contributed by atoms with E-state index in [1.54, 1.807) is 24.5 Å². The third-order valence-corrected chi connectivity index (χ3v) is 4.15. The van der Waals surface area contributed by atoms with Crippen LogP contribution in [0.1, 0.15) is 24.6 Å². The van der Waals surface area contributed by atoms with Crippen molar-refractivity contribution in [3.8, 4) is 5.75 Å². The zero-order chi connectivity index (χ0) is 16.5. The number of benzene rings is 1. The van der Waals surface area contributed by atoms with Crippen molar-refractivity contribution in [1.82, 2.24) is 19.5 Å². The summed E-state index contributed by atoms with van der Waals surface area (Å²) in [7, 11) is 0. The van der Waals surface area contributed by atoms with E-state index in [2.05, 4.69) is 20.3 Å². The minimum absolute atomic E-state index is 0.0557. The molecule has 1 aliphatic rings. The molecule has 8 heteroatoms. The number of ether oxygens (including phenoxy) is 1. The summed E-state index contributed by atoms with van der Waals surface area (Å²) in [4.78, 5) is 13.0. The Kier molecular flexibility index (Phi) is 3.95. The van der Waals surface area contributed by atoms with Crippen LogP contribution >= 0.6 is 11.6 Å². The molecule has 3 heterocycles. The van der Waals surface area contributed by atoms with Gasteiger partial charge in [0.1, 0.15) is 12.0 Å². The number of aromatic hydroxyl groups is 1. The molecule has 0 amide bonds. The van der Waals surface area contributed by atoms with E-state index in [9.17, 15) is 5.11 Å². The second-order valence-corrected chi connectivity index (χ2v) is 5.99. The minimum Gasteiger partial charge on any atom is -0.508 e. The Morgan fingerprint density at radius 2 is 2.29 bits per heavy atom. The smallest absolute Gasteiger partial charge is 0.226 e. The lowest BCUT2D eigenvalue weighted by Gasteiger charge is -2.12. The highest BCUT2D eigenvalue weighted by Crippen LogP contribution is 2.29. The van der Waals surface area contributed by atoms with Gasteiger partial charge >= 0.3 is 0 Å². The summed E-state index contributed by atoms with van der Waals surface area (Å²) in [5, 5.41) is 12.9. The fraction of sp³-hybridized carbons (Fsp3) is 0.312. The molecule has 1 atom stereocenters. The number of phenolic OH excluding ortho intramolecular Hbond substituents is 1. The molecule has 7 nitrogen and oxygen atoms in total. The maximum absolute atomic E-state index is 9.55. The normalized spacial score (nSPS) is 17.5. The third kappa shape index (κ3) is 2.88. The number of halogens is 1. The molecule has 1 unspecified atom stereocenters. The highest BCUT2D eigenvalue weighted by Gasteiger charge is 2.22. The number of fused-ring (bicyclic) bond motifs is 1. The van der Waals surface area contributed by atoms with Gasteiger partial charge in [-0.25, -0.2) is 4.98 Å². The molecule has 0 radical (unpaired) electrons. The van der Waals surface area contributed by atoms with Crippen LogP contribution in [0.3, 0.4) is 0 Å². The Morgan fingerprint density at radius 3 is 3.08 bits per heavy atom. The fourth-order valence-corrected chi connectivity index (χ4v) is 3.02. The summed E-state index contributed by atoms with van der Waals surface area (Å²) in [6, 6.07) is 7.03. The van der Waals surface area contributed by atoms with Crippen molar-refractivity contribution in [3.05, 3.63) is 41.4 Å². The van der Waals surface area contributed by atoms with Crippen LogP contribution in [0.15, 0.2) is 30.6 Å². The van der Waals surface area contributed by atoms with E-state index in [1.165, 1.54) is 0 Å². The number of imidazole rings is 1. The van der Waals surface area contributed by atoms with Crippen molar-refractivity contribution in [2.24, 2.45) is 0 Å². The fourth-order valence-electron chi connectivity index (χ4n) is 2.86. The second kappa shape index (κ2) is 6.26. The molecule has 0 spiro atoms. The SMILES string of the molecule is Oc1cccc(CNc2nc(Cl)nc3c2ncn3C2CCCO2)c1. The number of anilines is 1. The first kappa shape index (κ1) is 15.2. The van der Waals surface area contributed by atoms with E-state index < -0.39 is 0 Å². The largest absolute Gasteiger partial charge is 0.508 e. The number of hydrogen-bond donors (Lipinski definition) is 2. The summed E-state index contributed by atoms with van der Waals surface area (Å²) in [5.41, 5.74) is 2.23. The lowest BCUT2D eigenvalue weighted by molar-refractivity contribution is 0.0593. The van der Waals surface area contributed by atoms with Crippen LogP contribution < -0.4 is 5.32 Å². The zero-order valence-corrected chi connectivity index (χ0v) is 13.6. The first-order valence-corrected chi connectivity index (χ1v) is 8.12. The van der Waals surface area contributed by atoms with Crippen LogP contribution in [-0.2, 0) is 11.3 Å². The molecule has 3 aromatic rings. The van der Waals surface area contributed by atoms with Crippen molar-refractivity contribution >= 4 is 28.6 Å². The monoisotopic (exact) mass is 345 g/mol. The topological polar surface area (TPSA) is 85.1 Å². The van der Waals surface area contributed by atoms with Crippen LogP contribution in [0.4, 0.5) is 5.82 Å². The number of nitrogens with one attached hydrogen (secondary N) is 1. The lowest BCUT2D eigenvalue weighted by atomic mass is 10.2. The maximum atomic E-state index is 9.55. The second-order valence-electron chi connectivity index (χ2n) is 5.66. The van der Waals surface area contributed by atoms with Crippen LogP contribution in [-0.4, -0.2) is 31.2 Å². The maximum Gasteiger partial charge on any atom is 0.226 e. The summed E-state index contributed by atoms with van der Waals surface area (Å²) in [6.07, 6.45) is 3.61. The Labute approximate surface area is 143 Å². The van der Waals surface area contributed by atoms with E-state index in [0.29, 0.717) is 23.5 Å². The van der Waals surface area contributed by atoms with E-state index in [4.69, 9.17) is 16.3 Å². The van der Waals surface area contributed by atoms with Crippen molar-refractivity contribution < 1.29 is 9.84 Å². The van der Waals surface area contributed by atoms with Crippen LogP contribution in [0.25, 0.3) is 11.2 Å². The molecule has 2 aromatic heterocycles. The Bertz CT molecular complexity index is 876. The van der Waals surface area contributed by atoms with Gasteiger partial charge in [0, 0.05) is 13.2 Å². The molecular weight excluding hydrogens is 330 g/mol. The van der Waals surface area contributed by atoms with Gasteiger partial charge in [0.25, 0.3) is 0 Å². The number of aromatic nitrogens is 4. The first-order valence-electron chi connectivity index (χ1n) is 7.74. The van der Waals surface area contributed by atoms with E-state index in [1.807, 2.05) is 10.6 Å². The predicted molar refractivity (Wildman–Crippen MR) is 90.0 cm³/mol. The molecule has 2 N–H and O–H groups in total. The van der Waals surface area contributed by atoms with E-state index in [0.717, 1.165) is 25.0 Å². The molecule has 124 valence electrons. The standard InChI is InChI=1S/C16H16ClN5O2/c17-16-20-14(18-8-10-3-1-4-11(23)7-10)13-15(21-16)22(9-19-13)12-5-2-6-24-12/h1,3-4,7,9,12,23H,2,5-6,8H2,(H,18,20,21). The first-order chi connectivity index (χ1) is 11.7. The zero-order valence-electron chi connectivity index (χ0n) is 12.8. The molecule has 1 aromatic carbocycles. The van der Waals surface area contributed by atoms with Gasteiger partial charge in [-0.2, -0.15) is 9.97 Å². The van der Waals surface area contributed by atoms with Crippen molar-refractivity contribution in [3.63, 3.8) is 0 Å². The van der Waals surface area contributed by atoms with Gasteiger partial charge in [-0.3, -0.25) is 4.57 Å². The summed E-state index contributed by atoms with van der Waals surface area (Å²) < 4.78 is 7.60. The molecule has 1 saturated heterocycles. The van der Waals surface area contributed by atoms with Gasteiger partial charge in [0.2, 0.25) is 5.28 Å². The predicted octanol–water partition coefficient (Wildman–Crippen LogP) is 3.11. The van der Waals surface area contributed by atoms with Gasteiger partial charge in [0.05, 0.1) is 6.33 Å². The Morgan fingerprint density at radius 1 is 1.38 bits per heavy atom. The van der Waals surface area contributed by atoms with Gasteiger partial charge in [0.15, 0.2) is 17.0 Å². The molecule has 24 heavy (non-hydrogen) atoms. The quantitative estimate of drug-likeness (QED) is 0.707. The molecule has 4 rings (SSSR count). The average Bonchev–Trinajstić information content (AvgIpc) is 3.21. The van der Waals surface area contributed by atoms with Crippen LogP contribution in [0.2, 0.25) is 5.28 Å². The number of rotatable bonds is 4. The van der Waals surface area contributed by atoms with Crippen molar-refractivity contribution in [2.45, 2.75) is 25.6 Å². The van der Waals surface area contributed by atoms with Gasteiger partial charge in [-0.05, 0) is 42.1 Å². The third-order valence-electron chi connectivity index (χ3n) is 3.98. The van der Waals surface area contributed by atoms with Gasteiger partial charge in [-0.15, -0.1) is 0 Å². The number of nitrogens with zero attached hydrogens (tertiary/aromatic N) is 4. The highest BCUT2D eigenvalue weighted by molar-refractivity contribution is 6.28. The van der Waals surface area contributed by atoms with Gasteiger partial charge in [-0.1, -0.05) is 12.1 Å². The number of hydrogen-bond acceptors (Lipinski definition) is 6. The molecule has 1 aliphatic heterocycles. The summed E-state index contributed by atoms with van der Waals surface area (Å²) >= 11 is 6.08. The average molecular weight is 346 g/mol. The summed E-state index contributed by atoms with van der Waals surface area (Å²) in [5.74, 6) is 0.785. The lowest BCUT2D eigenvalue weighted by Crippen LogP contribution is -2.08. The molecule has 0 bridgehead atoms. The van der Waals surface area contributed by atoms with E-state index in [-0.39, 0.29) is 17.3 Å². The van der Waals surface area contributed by atoms with E-state index >= 15 is 0 Å². The molecule has 1 fully saturated rings. The highest BCUT2D eigenvalue weighted by atomic mass is 35.5. The molecule has 0 saturated carbocycles. The molecular formula is C16H16ClN5O2. The van der Waals surface area contributed by atoms with Gasteiger partial charge < -0.3 is 15.2 Å². The number of phenols is 1. The summed E-state index contributed by atoms with van der Waals surface area (Å²) in [6.45, 7) is 1.23. The van der Waals surface area contributed by atoms with Crippen LogP contribution in [0.5, 0.6) is 5.75 Å². The Hall–Kier alpha value is -2.38.